The number of ether oxygens (including phenoxy) is 2. The molecule has 0 bridgehead atoms. The van der Waals surface area contributed by atoms with Crippen LogP contribution in [0.3, 0.4) is 0 Å². The van der Waals surface area contributed by atoms with Gasteiger partial charge in [0, 0.05) is 12.6 Å². The number of benzene rings is 1. The first-order valence-corrected chi connectivity index (χ1v) is 9.12. The Hall–Kier alpha value is -2.42. The molecule has 1 fully saturated rings. The number of carbonyl (C=O) groups excluding carboxylic acids is 3. The molecule has 0 spiro atoms. The number of rotatable bonds is 8. The average Bonchev–Trinajstić information content (AvgIpc) is 3.14. The van der Waals surface area contributed by atoms with Crippen LogP contribution in [-0.4, -0.2) is 37.0 Å². The molecule has 2 N–H and O–H groups in total. The maximum Gasteiger partial charge on any atom is 0.387 e. The highest BCUT2D eigenvalue weighted by atomic mass is 35.5. The Labute approximate surface area is 165 Å². The lowest BCUT2D eigenvalue weighted by atomic mass is 9.98. The quantitative estimate of drug-likeness (QED) is 0.633. The summed E-state index contributed by atoms with van der Waals surface area (Å²) in [7, 11) is 0. The van der Waals surface area contributed by atoms with Crippen LogP contribution in [0.4, 0.5) is 14.5 Å². The van der Waals surface area contributed by atoms with E-state index in [-0.39, 0.29) is 28.3 Å². The van der Waals surface area contributed by atoms with Gasteiger partial charge in [0.25, 0.3) is 5.91 Å². The second kappa shape index (κ2) is 10.2. The minimum Gasteiger partial charge on any atom is -0.454 e. The summed E-state index contributed by atoms with van der Waals surface area (Å²) in [5.74, 6) is -1.90. The van der Waals surface area contributed by atoms with Crippen LogP contribution in [0.2, 0.25) is 5.02 Å². The summed E-state index contributed by atoms with van der Waals surface area (Å²) in [6.07, 6.45) is 3.55. The van der Waals surface area contributed by atoms with Gasteiger partial charge in [-0.05, 0) is 37.0 Å². The van der Waals surface area contributed by atoms with E-state index in [2.05, 4.69) is 15.4 Å². The number of carbonyl (C=O) groups is 3. The summed E-state index contributed by atoms with van der Waals surface area (Å²) in [4.78, 5) is 35.6. The highest BCUT2D eigenvalue weighted by Gasteiger charge is 2.32. The number of halogens is 3. The van der Waals surface area contributed by atoms with E-state index >= 15 is 0 Å². The van der Waals surface area contributed by atoms with Crippen molar-refractivity contribution in [2.75, 3.05) is 11.9 Å². The topological polar surface area (TPSA) is 93.7 Å². The highest BCUT2D eigenvalue weighted by Crippen LogP contribution is 2.29. The third kappa shape index (κ3) is 6.63. The lowest BCUT2D eigenvalue weighted by Gasteiger charge is -2.22. The first-order chi connectivity index (χ1) is 13.3. The van der Waals surface area contributed by atoms with Crippen LogP contribution in [0.1, 0.15) is 32.6 Å². The van der Waals surface area contributed by atoms with Gasteiger partial charge >= 0.3 is 12.6 Å². The average molecular weight is 419 g/mol. The van der Waals surface area contributed by atoms with E-state index in [9.17, 15) is 23.2 Å². The minimum absolute atomic E-state index is 0.0133. The molecule has 0 aromatic heterocycles. The van der Waals surface area contributed by atoms with Crippen molar-refractivity contribution in [1.29, 1.82) is 0 Å². The van der Waals surface area contributed by atoms with Gasteiger partial charge in [-0.2, -0.15) is 8.78 Å². The molecule has 1 aliphatic rings. The maximum absolute atomic E-state index is 12.3. The molecule has 0 heterocycles. The zero-order valence-corrected chi connectivity index (χ0v) is 15.9. The van der Waals surface area contributed by atoms with Crippen LogP contribution in [0, 0.1) is 5.92 Å². The molecule has 0 saturated heterocycles. The number of esters is 1. The zero-order chi connectivity index (χ0) is 20.7. The largest absolute Gasteiger partial charge is 0.454 e. The van der Waals surface area contributed by atoms with E-state index in [0.717, 1.165) is 25.7 Å². The smallest absolute Gasteiger partial charge is 0.387 e. The van der Waals surface area contributed by atoms with E-state index in [0.29, 0.717) is 0 Å². The summed E-state index contributed by atoms with van der Waals surface area (Å²) in [6, 6.07) is 2.95. The number of alkyl halides is 2. The molecule has 7 nitrogen and oxygen atoms in total. The van der Waals surface area contributed by atoms with Crippen LogP contribution in [0.5, 0.6) is 5.75 Å². The van der Waals surface area contributed by atoms with Crippen molar-refractivity contribution in [2.24, 2.45) is 5.92 Å². The number of nitrogens with one attached hydrogen (secondary N) is 2. The van der Waals surface area contributed by atoms with Crippen molar-refractivity contribution >= 4 is 35.1 Å². The third-order valence-electron chi connectivity index (χ3n) is 4.26. The Morgan fingerprint density at radius 3 is 2.50 bits per heavy atom. The molecule has 28 heavy (non-hydrogen) atoms. The molecule has 1 atom stereocenters. The maximum atomic E-state index is 12.3. The van der Waals surface area contributed by atoms with Gasteiger partial charge in [0.1, 0.15) is 11.8 Å². The monoisotopic (exact) mass is 418 g/mol. The standard InChI is InChI=1S/C18H21ClF2N2O5/c1-10(24)22-16(11-4-2-3-5-11)17(26)27-9-15(25)23-12-6-7-14(13(19)8-12)28-18(20)21/h6-8,11,16,18H,2-5,9H2,1H3,(H,22,24)(H,23,25). The van der Waals surface area contributed by atoms with E-state index in [1.54, 1.807) is 0 Å². The Bertz CT molecular complexity index is 726. The number of anilines is 1. The Morgan fingerprint density at radius 2 is 1.93 bits per heavy atom. The SMILES string of the molecule is CC(=O)NC(C(=O)OCC(=O)Nc1ccc(OC(F)F)c(Cl)c1)C1CCCC1. The molecule has 10 heteroatoms. The van der Waals surface area contributed by atoms with E-state index in [4.69, 9.17) is 16.3 Å². The van der Waals surface area contributed by atoms with Gasteiger partial charge < -0.3 is 20.1 Å². The van der Waals surface area contributed by atoms with Crippen molar-refractivity contribution < 1.29 is 32.6 Å². The van der Waals surface area contributed by atoms with Gasteiger partial charge in [0.15, 0.2) is 6.61 Å². The summed E-state index contributed by atoms with van der Waals surface area (Å²) < 4.78 is 33.7. The fourth-order valence-corrected chi connectivity index (χ4v) is 3.30. The number of amides is 2. The Balaban J connectivity index is 1.89. The zero-order valence-electron chi connectivity index (χ0n) is 15.2. The molecule has 154 valence electrons. The molecule has 1 saturated carbocycles. The first kappa shape index (κ1) is 21.9. The van der Waals surface area contributed by atoms with Crippen LogP contribution in [-0.2, 0) is 19.1 Å². The van der Waals surface area contributed by atoms with E-state index < -0.39 is 31.1 Å². The van der Waals surface area contributed by atoms with E-state index in [1.807, 2.05) is 0 Å². The molecule has 0 radical (unpaired) electrons. The molecular weight excluding hydrogens is 398 g/mol. The van der Waals surface area contributed by atoms with Crippen molar-refractivity contribution in [1.82, 2.24) is 5.32 Å². The van der Waals surface area contributed by atoms with Gasteiger partial charge in [-0.3, -0.25) is 9.59 Å². The third-order valence-corrected chi connectivity index (χ3v) is 4.56. The molecule has 0 aliphatic heterocycles. The van der Waals surface area contributed by atoms with Crippen molar-refractivity contribution in [2.45, 2.75) is 45.3 Å². The summed E-state index contributed by atoms with van der Waals surface area (Å²) in [5, 5.41) is 4.91. The van der Waals surface area contributed by atoms with Crippen molar-refractivity contribution in [3.8, 4) is 5.75 Å². The molecule has 2 amide bonds. The predicted molar refractivity (Wildman–Crippen MR) is 97.2 cm³/mol. The highest BCUT2D eigenvalue weighted by molar-refractivity contribution is 6.32. The fourth-order valence-electron chi connectivity index (χ4n) is 3.07. The summed E-state index contributed by atoms with van der Waals surface area (Å²) in [5.41, 5.74) is 0.224. The lowest BCUT2D eigenvalue weighted by molar-refractivity contribution is -0.152. The normalized spacial score (nSPS) is 15.2. The minimum atomic E-state index is -3.02. The molecule has 1 aliphatic carbocycles. The Kier molecular flexibility index (Phi) is 7.98. The number of hydrogen-bond acceptors (Lipinski definition) is 5. The predicted octanol–water partition coefficient (Wildman–Crippen LogP) is 3.12. The van der Waals surface area contributed by atoms with Crippen LogP contribution in [0.25, 0.3) is 0 Å². The first-order valence-electron chi connectivity index (χ1n) is 8.74. The van der Waals surface area contributed by atoms with Gasteiger partial charge in [0.2, 0.25) is 5.91 Å². The van der Waals surface area contributed by atoms with Gasteiger partial charge in [-0.15, -0.1) is 0 Å². The van der Waals surface area contributed by atoms with Crippen LogP contribution in [0.15, 0.2) is 18.2 Å². The molecular formula is C18H21ClF2N2O5. The number of hydrogen-bond donors (Lipinski definition) is 2. The van der Waals surface area contributed by atoms with Crippen LogP contribution >= 0.6 is 11.6 Å². The van der Waals surface area contributed by atoms with E-state index in [1.165, 1.54) is 25.1 Å². The second-order valence-electron chi connectivity index (χ2n) is 6.40. The lowest BCUT2D eigenvalue weighted by Crippen LogP contribution is -2.46. The summed E-state index contributed by atoms with van der Waals surface area (Å²) >= 11 is 5.81. The molecule has 1 aromatic rings. The Morgan fingerprint density at radius 1 is 1.25 bits per heavy atom. The molecule has 1 unspecified atom stereocenters. The fraction of sp³-hybridized carbons (Fsp3) is 0.500. The molecule has 1 aromatic carbocycles. The van der Waals surface area contributed by atoms with Gasteiger partial charge in [-0.1, -0.05) is 24.4 Å². The van der Waals surface area contributed by atoms with Crippen LogP contribution < -0.4 is 15.4 Å². The summed E-state index contributed by atoms with van der Waals surface area (Å²) in [6.45, 7) is -2.27. The second-order valence-corrected chi connectivity index (χ2v) is 6.81. The van der Waals surface area contributed by atoms with Crippen molar-refractivity contribution in [3.63, 3.8) is 0 Å². The van der Waals surface area contributed by atoms with Gasteiger partial charge in [0.05, 0.1) is 5.02 Å². The molecule has 2 rings (SSSR count). The van der Waals surface area contributed by atoms with Crippen molar-refractivity contribution in [3.05, 3.63) is 23.2 Å². The van der Waals surface area contributed by atoms with Gasteiger partial charge in [-0.25, -0.2) is 4.79 Å².